The molecule has 31 heavy (non-hydrogen) atoms. The van der Waals surface area contributed by atoms with E-state index in [1.54, 1.807) is 18.9 Å². The van der Waals surface area contributed by atoms with E-state index >= 15 is 0 Å². The second-order valence-electron chi connectivity index (χ2n) is 7.53. The zero-order valence-electron chi connectivity index (χ0n) is 18.0. The van der Waals surface area contributed by atoms with Crippen molar-refractivity contribution in [2.75, 3.05) is 25.1 Å². The van der Waals surface area contributed by atoms with Gasteiger partial charge in [-0.15, -0.1) is 0 Å². The monoisotopic (exact) mass is 419 g/mol. The second kappa shape index (κ2) is 10.7. The number of hydrazone groups is 1. The van der Waals surface area contributed by atoms with Gasteiger partial charge in [-0.05, 0) is 42.2 Å². The molecular weight excluding hydrogens is 390 g/mol. The van der Waals surface area contributed by atoms with E-state index in [0.717, 1.165) is 36.2 Å². The van der Waals surface area contributed by atoms with E-state index < -0.39 is 18.5 Å². The first-order valence-electron chi connectivity index (χ1n) is 10.4. The lowest BCUT2D eigenvalue weighted by molar-refractivity contribution is -0.117. The number of benzene rings is 2. The molecule has 3 rings (SSSR count). The summed E-state index contributed by atoms with van der Waals surface area (Å²) in [6.45, 7) is 1.80. The summed E-state index contributed by atoms with van der Waals surface area (Å²) in [7, 11) is 1.80. The lowest BCUT2D eigenvalue weighted by Gasteiger charge is -2.26. The Morgan fingerprint density at radius 1 is 1.23 bits per heavy atom. The van der Waals surface area contributed by atoms with Crippen molar-refractivity contribution in [1.82, 2.24) is 5.01 Å². The molecule has 1 unspecified atom stereocenters. The molecule has 6 nitrogen and oxygen atoms in total. The number of ketones is 1. The van der Waals surface area contributed by atoms with Gasteiger partial charge >= 0.3 is 0 Å². The Kier molecular flexibility index (Phi) is 7.76. The van der Waals surface area contributed by atoms with E-state index in [1.807, 2.05) is 53.7 Å². The van der Waals surface area contributed by atoms with Gasteiger partial charge < -0.3 is 15.1 Å². The Hall–Kier alpha value is -3.22. The van der Waals surface area contributed by atoms with E-state index in [0.29, 0.717) is 5.70 Å². The molecule has 1 atom stereocenters. The molecule has 0 spiro atoms. The van der Waals surface area contributed by atoms with Crippen molar-refractivity contribution >= 4 is 23.3 Å². The number of carbonyl (C=O) groups is 1. The smallest absolute Gasteiger partial charge is 0.182 e. The number of aliphatic hydroxyl groups excluding tert-OH is 2. The van der Waals surface area contributed by atoms with Crippen molar-refractivity contribution in [3.63, 3.8) is 0 Å². The van der Waals surface area contributed by atoms with Gasteiger partial charge in [-0.25, -0.2) is 0 Å². The molecular formula is C25H29N3O3. The van der Waals surface area contributed by atoms with Crippen LogP contribution < -0.4 is 4.90 Å². The van der Waals surface area contributed by atoms with Gasteiger partial charge in [0.1, 0.15) is 6.61 Å². The third kappa shape index (κ3) is 6.13. The van der Waals surface area contributed by atoms with E-state index in [1.165, 1.54) is 11.6 Å². The molecule has 0 fully saturated rings. The summed E-state index contributed by atoms with van der Waals surface area (Å²) in [5.74, 6) is -0.445. The van der Waals surface area contributed by atoms with Gasteiger partial charge in [0.25, 0.3) is 0 Å². The van der Waals surface area contributed by atoms with Crippen LogP contribution in [-0.2, 0) is 11.2 Å². The molecule has 0 aliphatic carbocycles. The van der Waals surface area contributed by atoms with Gasteiger partial charge in [0.05, 0.1) is 6.10 Å². The molecule has 0 saturated heterocycles. The fraction of sp³-hybridized carbons (Fsp3) is 0.280. The summed E-state index contributed by atoms with van der Waals surface area (Å²) in [5, 5.41) is 25.6. The highest BCUT2D eigenvalue weighted by Crippen LogP contribution is 2.27. The first-order chi connectivity index (χ1) is 15.0. The number of rotatable bonds is 9. The van der Waals surface area contributed by atoms with Crippen molar-refractivity contribution in [2.45, 2.75) is 25.9 Å². The molecule has 2 aromatic carbocycles. The molecule has 0 amide bonds. The molecule has 1 aliphatic heterocycles. The number of nitrogens with zero attached hydrogens (tertiary/aromatic N) is 3. The maximum Gasteiger partial charge on any atom is 0.182 e. The standard InChI is InChI=1S/C25H29N3O3/c1-19(30)25(16-24(31)18-29)27(2)23-10-6-9-21(15-23)22-11-13-26-28(17-22)14-12-20-7-4-3-5-8-20/h3-10,13,15-17,19,29-30H,11-12,14,18H2,1-2H3/b25-16-. The average molecular weight is 420 g/mol. The van der Waals surface area contributed by atoms with Crippen LogP contribution in [0.4, 0.5) is 5.69 Å². The minimum atomic E-state index is -0.848. The first kappa shape index (κ1) is 22.5. The first-order valence-corrected chi connectivity index (χ1v) is 10.4. The van der Waals surface area contributed by atoms with Gasteiger partial charge in [0.2, 0.25) is 0 Å². The molecule has 1 aliphatic rings. The van der Waals surface area contributed by atoms with Crippen molar-refractivity contribution in [3.05, 3.63) is 83.7 Å². The Morgan fingerprint density at radius 3 is 2.71 bits per heavy atom. The number of hydrogen-bond acceptors (Lipinski definition) is 6. The molecule has 2 aromatic rings. The lowest BCUT2D eigenvalue weighted by atomic mass is 10.0. The maximum absolute atomic E-state index is 11.7. The predicted octanol–water partition coefficient (Wildman–Crippen LogP) is 3.22. The van der Waals surface area contributed by atoms with Gasteiger partial charge in [-0.1, -0.05) is 42.5 Å². The predicted molar refractivity (Wildman–Crippen MR) is 125 cm³/mol. The highest BCUT2D eigenvalue weighted by Gasteiger charge is 2.16. The Morgan fingerprint density at radius 2 is 2.00 bits per heavy atom. The summed E-state index contributed by atoms with van der Waals surface area (Å²) in [6, 6.07) is 18.3. The number of anilines is 1. The quantitative estimate of drug-likeness (QED) is 0.611. The number of allylic oxidation sites excluding steroid dienone is 1. The van der Waals surface area contributed by atoms with Crippen molar-refractivity contribution in [1.29, 1.82) is 0 Å². The van der Waals surface area contributed by atoms with E-state index in [-0.39, 0.29) is 0 Å². The summed E-state index contributed by atoms with van der Waals surface area (Å²) >= 11 is 0. The Bertz CT molecular complexity index is 981. The zero-order chi connectivity index (χ0) is 22.2. The van der Waals surface area contributed by atoms with Gasteiger partial charge in [0.15, 0.2) is 5.78 Å². The summed E-state index contributed by atoms with van der Waals surface area (Å²) < 4.78 is 0. The maximum atomic E-state index is 11.7. The highest BCUT2D eigenvalue weighted by atomic mass is 16.3. The molecule has 6 heteroatoms. The second-order valence-corrected chi connectivity index (χ2v) is 7.53. The molecule has 0 radical (unpaired) electrons. The zero-order valence-corrected chi connectivity index (χ0v) is 18.0. The van der Waals surface area contributed by atoms with Crippen molar-refractivity contribution in [3.8, 4) is 0 Å². The van der Waals surface area contributed by atoms with Gasteiger partial charge in [-0.2, -0.15) is 5.10 Å². The van der Waals surface area contributed by atoms with E-state index in [2.05, 4.69) is 23.4 Å². The van der Waals surface area contributed by atoms with Crippen LogP contribution in [0.5, 0.6) is 0 Å². The number of hydrogen-bond donors (Lipinski definition) is 2. The SMILES string of the molecule is CC(O)/C(=C/C(=O)CO)N(C)c1cccc(C2=CN(CCc3ccccc3)N=CC2)c1. The van der Waals surface area contributed by atoms with Crippen LogP contribution in [0.15, 0.2) is 77.7 Å². The number of aliphatic hydroxyl groups is 2. The topological polar surface area (TPSA) is 76.4 Å². The molecule has 0 aromatic heterocycles. The molecule has 0 saturated carbocycles. The van der Waals surface area contributed by atoms with Crippen LogP contribution in [0, 0.1) is 0 Å². The van der Waals surface area contributed by atoms with Crippen LogP contribution in [0.25, 0.3) is 5.57 Å². The third-order valence-electron chi connectivity index (χ3n) is 5.20. The molecule has 162 valence electrons. The van der Waals surface area contributed by atoms with Gasteiger partial charge in [0, 0.05) is 49.9 Å². The summed E-state index contributed by atoms with van der Waals surface area (Å²) in [4.78, 5) is 13.5. The van der Waals surface area contributed by atoms with Crippen LogP contribution in [0.3, 0.4) is 0 Å². The Labute approximate surface area is 183 Å². The summed E-state index contributed by atoms with van der Waals surface area (Å²) in [5.41, 5.74) is 4.75. The van der Waals surface area contributed by atoms with Crippen LogP contribution in [-0.4, -0.2) is 53.5 Å². The minimum Gasteiger partial charge on any atom is -0.388 e. The summed E-state index contributed by atoms with van der Waals surface area (Å²) in [6.07, 6.45) is 6.07. The number of likely N-dealkylation sites (N-methyl/N-ethyl adjacent to an activating group) is 1. The molecule has 1 heterocycles. The van der Waals surface area contributed by atoms with Crippen LogP contribution >= 0.6 is 0 Å². The molecule has 2 N–H and O–H groups in total. The third-order valence-corrected chi connectivity index (χ3v) is 5.20. The number of carbonyl (C=O) groups excluding carboxylic acids is 1. The highest BCUT2D eigenvalue weighted by molar-refractivity contribution is 5.92. The van der Waals surface area contributed by atoms with Crippen molar-refractivity contribution in [2.24, 2.45) is 5.10 Å². The normalized spacial score (nSPS) is 14.9. The average Bonchev–Trinajstić information content (AvgIpc) is 2.81. The molecule has 0 bridgehead atoms. The van der Waals surface area contributed by atoms with Crippen LogP contribution in [0.1, 0.15) is 24.5 Å². The minimum absolute atomic E-state index is 0.430. The van der Waals surface area contributed by atoms with Crippen molar-refractivity contribution < 1.29 is 15.0 Å². The largest absolute Gasteiger partial charge is 0.388 e. The van der Waals surface area contributed by atoms with Crippen LogP contribution in [0.2, 0.25) is 0 Å². The van der Waals surface area contributed by atoms with E-state index in [4.69, 9.17) is 5.11 Å². The fourth-order valence-corrected chi connectivity index (χ4v) is 3.48. The lowest BCUT2D eigenvalue weighted by Crippen LogP contribution is -2.26. The van der Waals surface area contributed by atoms with Gasteiger partial charge in [-0.3, -0.25) is 9.80 Å². The fourth-order valence-electron chi connectivity index (χ4n) is 3.48. The van der Waals surface area contributed by atoms with E-state index in [9.17, 15) is 9.90 Å². The Balaban J connectivity index is 1.77.